The van der Waals surface area contributed by atoms with Crippen molar-refractivity contribution in [3.8, 4) is 5.75 Å². The van der Waals surface area contributed by atoms with Gasteiger partial charge in [0.15, 0.2) is 5.75 Å². The zero-order valence-corrected chi connectivity index (χ0v) is 18.2. The van der Waals surface area contributed by atoms with Gasteiger partial charge in [-0.05, 0) is 17.7 Å². The Bertz CT molecular complexity index is 1190. The summed E-state index contributed by atoms with van der Waals surface area (Å²) in [6.07, 6.45) is 7.36. The smallest absolute Gasteiger partial charge is 0.232 e. The Morgan fingerprint density at radius 1 is 1.15 bits per heavy atom. The van der Waals surface area contributed by atoms with E-state index < -0.39 is 0 Å². The molecule has 0 bridgehead atoms. The van der Waals surface area contributed by atoms with Crippen LogP contribution in [-0.2, 0) is 24.4 Å². The second kappa shape index (κ2) is 8.15. The number of rotatable bonds is 4. The number of imidazole rings is 1. The maximum atomic E-state index is 13.4. The lowest BCUT2D eigenvalue weighted by Gasteiger charge is -2.42. The topological polar surface area (TPSA) is 66.7 Å². The lowest BCUT2D eigenvalue weighted by Crippen LogP contribution is -2.55. The first-order valence-corrected chi connectivity index (χ1v) is 11.3. The molecule has 1 fully saturated rings. The quantitative estimate of drug-likeness (QED) is 0.610. The van der Waals surface area contributed by atoms with Crippen molar-refractivity contribution in [2.24, 2.45) is 5.92 Å². The number of pyridine rings is 1. The summed E-state index contributed by atoms with van der Waals surface area (Å²) in [4.78, 5) is 28.4. The lowest BCUT2D eigenvalue weighted by atomic mass is 9.97. The van der Waals surface area contributed by atoms with E-state index in [0.29, 0.717) is 39.3 Å². The zero-order chi connectivity index (χ0) is 22.4. The summed E-state index contributed by atoms with van der Waals surface area (Å²) in [7, 11) is 0. The largest absolute Gasteiger partial charge is 0.487 e. The third-order valence-corrected chi connectivity index (χ3v) is 6.66. The van der Waals surface area contributed by atoms with Crippen molar-refractivity contribution < 1.29 is 13.9 Å². The number of ether oxygens (including phenoxy) is 1. The number of fused-ring (bicyclic) bond motifs is 2. The second-order valence-electron chi connectivity index (χ2n) is 8.82. The van der Waals surface area contributed by atoms with Crippen molar-refractivity contribution in [1.29, 1.82) is 0 Å². The van der Waals surface area contributed by atoms with Gasteiger partial charge < -0.3 is 19.1 Å². The van der Waals surface area contributed by atoms with Crippen molar-refractivity contribution in [3.05, 3.63) is 66.3 Å². The number of aromatic nitrogens is 3. The van der Waals surface area contributed by atoms with Crippen molar-refractivity contribution in [2.45, 2.75) is 19.6 Å². The minimum atomic E-state index is -0.230. The fraction of sp³-hybridized carbons (Fsp3) is 0.375. The van der Waals surface area contributed by atoms with Crippen LogP contribution in [0.3, 0.4) is 0 Å². The number of halogens is 1. The van der Waals surface area contributed by atoms with Crippen LogP contribution in [0, 0.1) is 11.7 Å². The third kappa shape index (κ3) is 3.72. The molecule has 6 rings (SSSR count). The molecular formula is C24H25FN6O2. The molecule has 170 valence electrons. The summed E-state index contributed by atoms with van der Waals surface area (Å²) in [6, 6.07) is 6.63. The van der Waals surface area contributed by atoms with Gasteiger partial charge in [0.2, 0.25) is 5.91 Å². The summed E-state index contributed by atoms with van der Waals surface area (Å²) in [6.45, 7) is 5.33. The molecule has 1 saturated heterocycles. The fourth-order valence-corrected chi connectivity index (χ4v) is 4.93. The monoisotopic (exact) mass is 448 g/mol. The van der Waals surface area contributed by atoms with Gasteiger partial charge in [-0.25, -0.2) is 9.37 Å². The standard InChI is InChI=1S/C24H25FN6O2/c25-19-3-1-2-17(10-19)13-28-14-18(15-28)24(32)31-8-9-33-23-20(11-26-12-21(23)31)30-7-6-29-5-4-27-22(29)16-30/h1-5,10-12,18H,6-9,13-16H2. The van der Waals surface area contributed by atoms with Crippen LogP contribution in [0.1, 0.15) is 11.4 Å². The number of nitrogens with zero attached hydrogens (tertiary/aromatic N) is 6. The first kappa shape index (κ1) is 20.2. The van der Waals surface area contributed by atoms with Gasteiger partial charge >= 0.3 is 0 Å². The fourth-order valence-electron chi connectivity index (χ4n) is 4.93. The van der Waals surface area contributed by atoms with Gasteiger partial charge in [0.05, 0.1) is 31.4 Å². The highest BCUT2D eigenvalue weighted by Gasteiger charge is 2.38. The second-order valence-corrected chi connectivity index (χ2v) is 8.82. The molecule has 33 heavy (non-hydrogen) atoms. The number of likely N-dealkylation sites (tertiary alicyclic amines) is 1. The van der Waals surface area contributed by atoms with Crippen molar-refractivity contribution >= 4 is 17.3 Å². The SMILES string of the molecule is O=C(C1CN(Cc2cccc(F)c2)C1)N1CCOc2c(N3CCn4ccnc4C3)cncc21. The minimum Gasteiger partial charge on any atom is -0.487 e. The molecule has 1 aromatic carbocycles. The van der Waals surface area contributed by atoms with Crippen LogP contribution in [0.25, 0.3) is 0 Å². The summed E-state index contributed by atoms with van der Waals surface area (Å²) >= 11 is 0. The van der Waals surface area contributed by atoms with E-state index in [4.69, 9.17) is 4.74 Å². The van der Waals surface area contributed by atoms with Crippen LogP contribution in [0.4, 0.5) is 15.8 Å². The Labute approximate surface area is 191 Å². The Kier molecular flexibility index (Phi) is 4.98. The molecule has 3 aliphatic rings. The number of anilines is 2. The van der Waals surface area contributed by atoms with Crippen LogP contribution in [-0.4, -0.2) is 58.1 Å². The highest BCUT2D eigenvalue weighted by molar-refractivity contribution is 5.98. The van der Waals surface area contributed by atoms with Crippen molar-refractivity contribution in [2.75, 3.05) is 42.6 Å². The van der Waals surface area contributed by atoms with E-state index in [2.05, 4.69) is 24.3 Å². The Morgan fingerprint density at radius 3 is 2.91 bits per heavy atom. The van der Waals surface area contributed by atoms with Gasteiger partial charge in [-0.2, -0.15) is 0 Å². The van der Waals surface area contributed by atoms with Crippen LogP contribution in [0.15, 0.2) is 49.1 Å². The molecule has 0 unspecified atom stereocenters. The van der Waals surface area contributed by atoms with E-state index in [-0.39, 0.29) is 17.6 Å². The van der Waals surface area contributed by atoms with Gasteiger partial charge in [-0.3, -0.25) is 14.7 Å². The highest BCUT2D eigenvalue weighted by atomic mass is 19.1. The minimum absolute atomic E-state index is 0.0735. The van der Waals surface area contributed by atoms with Crippen molar-refractivity contribution in [3.63, 3.8) is 0 Å². The number of amides is 1. The Hall–Kier alpha value is -3.46. The molecule has 5 heterocycles. The highest BCUT2D eigenvalue weighted by Crippen LogP contribution is 2.41. The van der Waals surface area contributed by atoms with E-state index in [9.17, 15) is 9.18 Å². The molecule has 1 amide bonds. The van der Waals surface area contributed by atoms with E-state index in [1.165, 1.54) is 6.07 Å². The van der Waals surface area contributed by atoms with E-state index in [1.54, 1.807) is 18.3 Å². The average Bonchev–Trinajstić information content (AvgIpc) is 3.28. The molecule has 3 aromatic rings. The van der Waals surface area contributed by atoms with Gasteiger partial charge in [0.25, 0.3) is 0 Å². The average molecular weight is 449 g/mol. The number of carbonyl (C=O) groups is 1. The van der Waals surface area contributed by atoms with E-state index in [1.807, 2.05) is 29.6 Å². The number of carbonyl (C=O) groups excluding carboxylic acids is 1. The molecule has 0 spiro atoms. The predicted molar refractivity (Wildman–Crippen MR) is 121 cm³/mol. The molecule has 2 aromatic heterocycles. The molecule has 0 atom stereocenters. The summed E-state index contributed by atoms with van der Waals surface area (Å²) in [5.41, 5.74) is 2.57. The number of hydrogen-bond acceptors (Lipinski definition) is 6. The first-order valence-electron chi connectivity index (χ1n) is 11.3. The Morgan fingerprint density at radius 2 is 2.03 bits per heavy atom. The lowest BCUT2D eigenvalue weighted by molar-refractivity contribution is -0.128. The maximum Gasteiger partial charge on any atom is 0.232 e. The summed E-state index contributed by atoms with van der Waals surface area (Å²) in [5, 5.41) is 0. The van der Waals surface area contributed by atoms with Gasteiger partial charge in [-0.15, -0.1) is 0 Å². The molecule has 3 aliphatic heterocycles. The molecular weight excluding hydrogens is 423 g/mol. The van der Waals surface area contributed by atoms with Crippen LogP contribution < -0.4 is 14.5 Å². The molecule has 9 heteroatoms. The van der Waals surface area contributed by atoms with E-state index in [0.717, 1.165) is 41.6 Å². The number of hydrogen-bond donors (Lipinski definition) is 0. The summed E-state index contributed by atoms with van der Waals surface area (Å²) in [5.74, 6) is 1.53. The molecule has 0 aliphatic carbocycles. The summed E-state index contributed by atoms with van der Waals surface area (Å²) < 4.78 is 21.7. The third-order valence-electron chi connectivity index (χ3n) is 6.66. The predicted octanol–water partition coefficient (Wildman–Crippen LogP) is 2.29. The number of benzene rings is 1. The zero-order valence-electron chi connectivity index (χ0n) is 18.2. The molecule has 0 N–H and O–H groups in total. The molecule has 8 nitrogen and oxygen atoms in total. The normalized spacial score (nSPS) is 18.3. The van der Waals surface area contributed by atoms with Gasteiger partial charge in [-0.1, -0.05) is 12.1 Å². The first-order chi connectivity index (χ1) is 16.2. The van der Waals surface area contributed by atoms with Crippen molar-refractivity contribution in [1.82, 2.24) is 19.4 Å². The Balaban J connectivity index is 1.16. The van der Waals surface area contributed by atoms with Crippen LogP contribution in [0.2, 0.25) is 0 Å². The molecule has 0 radical (unpaired) electrons. The van der Waals surface area contributed by atoms with Gasteiger partial charge in [0, 0.05) is 45.1 Å². The van der Waals surface area contributed by atoms with Crippen LogP contribution in [0.5, 0.6) is 5.75 Å². The maximum absolute atomic E-state index is 13.4. The molecule has 0 saturated carbocycles. The van der Waals surface area contributed by atoms with E-state index >= 15 is 0 Å². The van der Waals surface area contributed by atoms with Crippen LogP contribution >= 0.6 is 0 Å². The van der Waals surface area contributed by atoms with Gasteiger partial charge in [0.1, 0.15) is 29.6 Å².